The lowest BCUT2D eigenvalue weighted by molar-refractivity contribution is 0.588. The number of hydrogen-bond donors (Lipinski definition) is 0. The summed E-state index contributed by atoms with van der Waals surface area (Å²) in [4.78, 5) is 9.00. The van der Waals surface area contributed by atoms with Gasteiger partial charge in [0.25, 0.3) is 10.0 Å². The zero-order valence-electron chi connectivity index (χ0n) is 12.7. The molecule has 0 atom stereocenters. The van der Waals surface area contributed by atoms with E-state index < -0.39 is 10.0 Å². The summed E-state index contributed by atoms with van der Waals surface area (Å²) in [6.07, 6.45) is 6.54. The molecule has 24 heavy (non-hydrogen) atoms. The van der Waals surface area contributed by atoms with Crippen molar-refractivity contribution in [1.29, 1.82) is 0 Å². The molecule has 4 aromatic rings. The lowest BCUT2D eigenvalue weighted by Gasteiger charge is -2.06. The number of fused-ring (bicyclic) bond motifs is 1. The van der Waals surface area contributed by atoms with Gasteiger partial charge in [-0.15, -0.1) is 0 Å². The zero-order chi connectivity index (χ0) is 16.7. The van der Waals surface area contributed by atoms with Crippen LogP contribution in [0, 0.1) is 0 Å². The molecule has 0 unspecified atom stereocenters. The Balaban J connectivity index is 1.84. The molecule has 0 saturated carbocycles. The lowest BCUT2D eigenvalue weighted by Crippen LogP contribution is -2.12. The van der Waals surface area contributed by atoms with Gasteiger partial charge in [0.15, 0.2) is 5.65 Å². The van der Waals surface area contributed by atoms with Crippen LogP contribution in [-0.4, -0.2) is 32.1 Å². The van der Waals surface area contributed by atoms with Gasteiger partial charge >= 0.3 is 0 Å². The first kappa shape index (κ1) is 14.6. The highest BCUT2D eigenvalue weighted by Gasteiger charge is 2.20. The summed E-state index contributed by atoms with van der Waals surface area (Å²) in [5.41, 5.74) is 2.28. The van der Waals surface area contributed by atoms with E-state index >= 15 is 0 Å². The smallest absolute Gasteiger partial charge is 0.269 e. The molecular formula is C16H13N5O2S. The molecule has 120 valence electrons. The molecule has 3 aromatic heterocycles. The van der Waals surface area contributed by atoms with Crippen LogP contribution in [0.5, 0.6) is 0 Å². The summed E-state index contributed by atoms with van der Waals surface area (Å²) in [6.45, 7) is 0. The van der Waals surface area contributed by atoms with Crippen molar-refractivity contribution in [2.24, 2.45) is 7.05 Å². The molecule has 0 spiro atoms. The summed E-state index contributed by atoms with van der Waals surface area (Å²) >= 11 is 0. The standard InChI is InChI=1S/C16H13N5O2S/c1-20-11-12(9-18-20)15-10-17-16-14(19-15)7-8-21(16)24(22,23)13-5-3-2-4-6-13/h2-11H,1H3. The fraction of sp³-hybridized carbons (Fsp3) is 0.0625. The Labute approximate surface area is 138 Å². The monoisotopic (exact) mass is 339 g/mol. The Hall–Kier alpha value is -3.00. The van der Waals surface area contributed by atoms with E-state index in [1.54, 1.807) is 53.5 Å². The molecule has 3 heterocycles. The Kier molecular flexibility index (Phi) is 3.20. The zero-order valence-corrected chi connectivity index (χ0v) is 13.6. The molecule has 4 rings (SSSR count). The molecule has 0 aliphatic rings. The van der Waals surface area contributed by atoms with Crippen LogP contribution in [-0.2, 0) is 17.1 Å². The van der Waals surface area contributed by atoms with Crippen LogP contribution in [0.15, 0.2) is 66.1 Å². The molecule has 0 N–H and O–H groups in total. The van der Waals surface area contributed by atoms with Crippen molar-refractivity contribution < 1.29 is 8.42 Å². The predicted molar refractivity (Wildman–Crippen MR) is 88.8 cm³/mol. The number of aryl methyl sites for hydroxylation is 1. The number of hydrogen-bond acceptors (Lipinski definition) is 5. The molecule has 1 aromatic carbocycles. The van der Waals surface area contributed by atoms with Crippen LogP contribution in [0.25, 0.3) is 22.4 Å². The van der Waals surface area contributed by atoms with Crippen LogP contribution in [0.3, 0.4) is 0 Å². The molecule has 7 nitrogen and oxygen atoms in total. The first-order chi connectivity index (χ1) is 11.6. The van der Waals surface area contributed by atoms with Crippen molar-refractivity contribution in [2.45, 2.75) is 4.90 Å². The summed E-state index contributed by atoms with van der Waals surface area (Å²) in [6, 6.07) is 9.89. The lowest BCUT2D eigenvalue weighted by atomic mass is 10.3. The molecular weight excluding hydrogens is 326 g/mol. The van der Waals surface area contributed by atoms with E-state index in [2.05, 4.69) is 15.1 Å². The largest absolute Gasteiger partial charge is 0.275 e. The summed E-state index contributed by atoms with van der Waals surface area (Å²) in [5, 5.41) is 4.10. The fourth-order valence-corrected chi connectivity index (χ4v) is 3.80. The molecule has 0 aliphatic carbocycles. The van der Waals surface area contributed by atoms with Gasteiger partial charge < -0.3 is 0 Å². The van der Waals surface area contributed by atoms with Gasteiger partial charge in [0.05, 0.1) is 23.0 Å². The average Bonchev–Trinajstić information content (AvgIpc) is 3.21. The van der Waals surface area contributed by atoms with E-state index in [9.17, 15) is 8.42 Å². The Morgan fingerprint density at radius 2 is 1.83 bits per heavy atom. The van der Waals surface area contributed by atoms with Gasteiger partial charge in [0, 0.05) is 25.0 Å². The second kappa shape index (κ2) is 5.27. The summed E-state index contributed by atoms with van der Waals surface area (Å²) in [7, 11) is -1.88. The maximum atomic E-state index is 12.7. The number of aromatic nitrogens is 5. The fourth-order valence-electron chi connectivity index (χ4n) is 2.48. The third-order valence-corrected chi connectivity index (χ3v) is 5.34. The highest BCUT2D eigenvalue weighted by Crippen LogP contribution is 2.22. The van der Waals surface area contributed by atoms with Gasteiger partial charge in [-0.2, -0.15) is 5.10 Å². The van der Waals surface area contributed by atoms with Gasteiger partial charge in [-0.25, -0.2) is 22.4 Å². The van der Waals surface area contributed by atoms with Crippen LogP contribution in [0.2, 0.25) is 0 Å². The van der Waals surface area contributed by atoms with Crippen molar-refractivity contribution in [3.8, 4) is 11.3 Å². The third kappa shape index (κ3) is 2.28. The van der Waals surface area contributed by atoms with E-state index in [1.165, 1.54) is 6.20 Å². The van der Waals surface area contributed by atoms with Crippen LogP contribution in [0.4, 0.5) is 0 Å². The number of rotatable bonds is 3. The first-order valence-corrected chi connectivity index (χ1v) is 8.63. The van der Waals surface area contributed by atoms with Crippen LogP contribution >= 0.6 is 0 Å². The van der Waals surface area contributed by atoms with E-state index in [0.29, 0.717) is 16.9 Å². The highest BCUT2D eigenvalue weighted by molar-refractivity contribution is 7.90. The molecule has 0 fully saturated rings. The minimum absolute atomic E-state index is 0.209. The minimum Gasteiger partial charge on any atom is -0.275 e. The first-order valence-electron chi connectivity index (χ1n) is 7.19. The molecule has 0 saturated heterocycles. The third-order valence-electron chi connectivity index (χ3n) is 3.66. The van der Waals surface area contributed by atoms with Crippen molar-refractivity contribution in [1.82, 2.24) is 23.7 Å². The van der Waals surface area contributed by atoms with Gasteiger partial charge in [-0.1, -0.05) is 18.2 Å². The van der Waals surface area contributed by atoms with Crippen molar-refractivity contribution in [3.05, 3.63) is 61.2 Å². The van der Waals surface area contributed by atoms with Crippen molar-refractivity contribution in [3.63, 3.8) is 0 Å². The molecule has 0 aliphatic heterocycles. The Morgan fingerprint density at radius 3 is 2.54 bits per heavy atom. The maximum absolute atomic E-state index is 12.7. The topological polar surface area (TPSA) is 82.7 Å². The number of benzene rings is 1. The Bertz CT molecular complexity index is 1130. The second-order valence-electron chi connectivity index (χ2n) is 5.30. The van der Waals surface area contributed by atoms with Gasteiger partial charge in [-0.05, 0) is 18.2 Å². The van der Waals surface area contributed by atoms with Crippen molar-refractivity contribution in [2.75, 3.05) is 0 Å². The highest BCUT2D eigenvalue weighted by atomic mass is 32.2. The number of nitrogens with zero attached hydrogens (tertiary/aromatic N) is 5. The van der Waals surface area contributed by atoms with Gasteiger partial charge in [0.2, 0.25) is 0 Å². The normalized spacial score (nSPS) is 11.9. The van der Waals surface area contributed by atoms with E-state index in [4.69, 9.17) is 0 Å². The molecule has 8 heteroatoms. The second-order valence-corrected chi connectivity index (χ2v) is 7.11. The summed E-state index contributed by atoms with van der Waals surface area (Å²) < 4.78 is 28.3. The average molecular weight is 339 g/mol. The minimum atomic E-state index is -3.70. The molecule has 0 radical (unpaired) electrons. The Morgan fingerprint density at radius 1 is 1.04 bits per heavy atom. The quantitative estimate of drug-likeness (QED) is 0.570. The van der Waals surface area contributed by atoms with Crippen LogP contribution < -0.4 is 0 Å². The van der Waals surface area contributed by atoms with Crippen LogP contribution in [0.1, 0.15) is 0 Å². The summed E-state index contributed by atoms with van der Waals surface area (Å²) in [5.74, 6) is 0. The van der Waals surface area contributed by atoms with Crippen molar-refractivity contribution >= 4 is 21.2 Å². The maximum Gasteiger partial charge on any atom is 0.269 e. The van der Waals surface area contributed by atoms with E-state index in [-0.39, 0.29) is 4.90 Å². The van der Waals surface area contributed by atoms with E-state index in [1.807, 2.05) is 13.2 Å². The van der Waals surface area contributed by atoms with Gasteiger partial charge in [0.1, 0.15) is 5.52 Å². The molecule has 0 bridgehead atoms. The molecule has 0 amide bonds. The SMILES string of the molecule is Cn1cc(-c2cnc3c(ccn3S(=O)(=O)c3ccccc3)n2)cn1. The predicted octanol–water partition coefficient (Wildman–Crippen LogP) is 2.07. The van der Waals surface area contributed by atoms with Gasteiger partial charge in [-0.3, -0.25) is 4.68 Å². The van der Waals surface area contributed by atoms with E-state index in [0.717, 1.165) is 9.54 Å².